The van der Waals surface area contributed by atoms with E-state index < -0.39 is 0 Å². The molecule has 0 N–H and O–H groups in total. The van der Waals surface area contributed by atoms with Crippen LogP contribution in [-0.2, 0) is 6.54 Å². The van der Waals surface area contributed by atoms with Crippen molar-refractivity contribution in [2.24, 2.45) is 5.92 Å². The van der Waals surface area contributed by atoms with Crippen LogP contribution < -0.4 is 0 Å². The zero-order valence-electron chi connectivity index (χ0n) is 12.0. The van der Waals surface area contributed by atoms with Crippen molar-refractivity contribution in [3.63, 3.8) is 0 Å². The molecule has 1 aliphatic carbocycles. The minimum Gasteiger partial charge on any atom is -0.297 e. The van der Waals surface area contributed by atoms with E-state index in [1.165, 1.54) is 29.9 Å². The van der Waals surface area contributed by atoms with Gasteiger partial charge in [-0.2, -0.15) is 11.8 Å². The van der Waals surface area contributed by atoms with Gasteiger partial charge in [0, 0.05) is 42.6 Å². The molecule has 0 bridgehead atoms. The number of Topliss-reactive ketones (excluding diaryl/α,β-unsaturated/α-hetero) is 1. The first-order valence-corrected chi connectivity index (χ1v) is 8.92. The van der Waals surface area contributed by atoms with E-state index in [1.807, 2.05) is 23.9 Å². The standard InChI is InChI=1S/C17H23NOS/c19-17(14-5-1-2-6-14)16-8-4-3-7-15(16)13-18-9-11-20-12-10-18/h3-4,7-8,14H,1-2,5-6,9-13H2. The first-order valence-electron chi connectivity index (χ1n) is 7.77. The Hall–Kier alpha value is -0.800. The number of hydrogen-bond donors (Lipinski definition) is 0. The molecule has 0 radical (unpaired) electrons. The van der Waals surface area contributed by atoms with Crippen LogP contribution in [0.4, 0.5) is 0 Å². The van der Waals surface area contributed by atoms with Crippen molar-refractivity contribution in [3.05, 3.63) is 35.4 Å². The Morgan fingerprint density at radius 1 is 1.15 bits per heavy atom. The summed E-state index contributed by atoms with van der Waals surface area (Å²) < 4.78 is 0. The van der Waals surface area contributed by atoms with Gasteiger partial charge < -0.3 is 0 Å². The molecule has 0 aromatic heterocycles. The second-order valence-electron chi connectivity index (χ2n) is 5.89. The molecule has 1 aliphatic heterocycles. The van der Waals surface area contributed by atoms with Crippen LogP contribution in [0.15, 0.2) is 24.3 Å². The summed E-state index contributed by atoms with van der Waals surface area (Å²) in [6.45, 7) is 3.24. The van der Waals surface area contributed by atoms with Gasteiger partial charge >= 0.3 is 0 Å². The highest BCUT2D eigenvalue weighted by Gasteiger charge is 2.25. The van der Waals surface area contributed by atoms with Crippen LogP contribution in [-0.4, -0.2) is 35.3 Å². The quantitative estimate of drug-likeness (QED) is 0.790. The molecular weight excluding hydrogens is 266 g/mol. The molecule has 1 saturated carbocycles. The highest BCUT2D eigenvalue weighted by molar-refractivity contribution is 7.99. The van der Waals surface area contributed by atoms with Crippen molar-refractivity contribution in [1.29, 1.82) is 0 Å². The summed E-state index contributed by atoms with van der Waals surface area (Å²) >= 11 is 2.03. The van der Waals surface area contributed by atoms with Crippen LogP contribution in [0, 0.1) is 5.92 Å². The largest absolute Gasteiger partial charge is 0.297 e. The first-order chi connectivity index (χ1) is 9.84. The molecule has 0 spiro atoms. The smallest absolute Gasteiger partial charge is 0.166 e. The van der Waals surface area contributed by atoms with Crippen LogP contribution in [0.25, 0.3) is 0 Å². The Bertz CT molecular complexity index is 462. The molecule has 3 heteroatoms. The SMILES string of the molecule is O=C(c1ccccc1CN1CCSCC1)C1CCCC1. The van der Waals surface area contributed by atoms with Gasteiger partial charge in [-0.15, -0.1) is 0 Å². The maximum absolute atomic E-state index is 12.7. The van der Waals surface area contributed by atoms with Gasteiger partial charge in [0.05, 0.1) is 0 Å². The zero-order valence-corrected chi connectivity index (χ0v) is 12.8. The molecule has 2 nitrogen and oxygen atoms in total. The molecule has 1 aromatic rings. The normalized spacial score (nSPS) is 21.2. The van der Waals surface area contributed by atoms with Crippen molar-refractivity contribution in [1.82, 2.24) is 4.90 Å². The Labute approximate surface area is 125 Å². The van der Waals surface area contributed by atoms with E-state index in [0.29, 0.717) is 5.78 Å². The van der Waals surface area contributed by atoms with Crippen LogP contribution in [0.2, 0.25) is 0 Å². The van der Waals surface area contributed by atoms with Gasteiger partial charge in [-0.25, -0.2) is 0 Å². The number of hydrogen-bond acceptors (Lipinski definition) is 3. The number of carbonyl (C=O) groups is 1. The number of carbonyl (C=O) groups excluding carboxylic acids is 1. The van der Waals surface area contributed by atoms with E-state index in [-0.39, 0.29) is 5.92 Å². The number of thioether (sulfide) groups is 1. The summed E-state index contributed by atoms with van der Waals surface area (Å²) in [6.07, 6.45) is 4.63. The van der Waals surface area contributed by atoms with Crippen molar-refractivity contribution >= 4 is 17.5 Å². The lowest BCUT2D eigenvalue weighted by molar-refractivity contribution is 0.0921. The molecule has 0 atom stereocenters. The van der Waals surface area contributed by atoms with Gasteiger partial charge in [0.2, 0.25) is 0 Å². The molecule has 2 aliphatic rings. The third kappa shape index (κ3) is 3.26. The number of nitrogens with zero attached hydrogens (tertiary/aromatic N) is 1. The lowest BCUT2D eigenvalue weighted by Crippen LogP contribution is -2.32. The minimum atomic E-state index is 0.285. The fraction of sp³-hybridized carbons (Fsp3) is 0.588. The van der Waals surface area contributed by atoms with Gasteiger partial charge in [0.15, 0.2) is 5.78 Å². The average Bonchev–Trinajstić information content (AvgIpc) is 3.02. The van der Waals surface area contributed by atoms with Gasteiger partial charge in [-0.05, 0) is 18.4 Å². The third-order valence-electron chi connectivity index (χ3n) is 4.51. The van der Waals surface area contributed by atoms with Crippen molar-refractivity contribution < 1.29 is 4.79 Å². The molecule has 0 unspecified atom stereocenters. The first kappa shape index (κ1) is 14.2. The van der Waals surface area contributed by atoms with Crippen molar-refractivity contribution in [2.75, 3.05) is 24.6 Å². The van der Waals surface area contributed by atoms with Crippen LogP contribution in [0.5, 0.6) is 0 Å². The summed E-state index contributed by atoms with van der Waals surface area (Å²) in [7, 11) is 0. The molecule has 0 amide bonds. The van der Waals surface area contributed by atoms with Gasteiger partial charge in [-0.3, -0.25) is 9.69 Å². The third-order valence-corrected chi connectivity index (χ3v) is 5.45. The Kier molecular flexibility index (Phi) is 4.79. The molecule has 1 aromatic carbocycles. The summed E-state index contributed by atoms with van der Waals surface area (Å²) in [5.41, 5.74) is 2.22. The second-order valence-corrected chi connectivity index (χ2v) is 7.12. The summed E-state index contributed by atoms with van der Waals surface area (Å²) in [5, 5.41) is 0. The van der Waals surface area contributed by atoms with Crippen molar-refractivity contribution in [2.45, 2.75) is 32.2 Å². The van der Waals surface area contributed by atoms with E-state index in [1.54, 1.807) is 0 Å². The molecule has 1 saturated heterocycles. The molecule has 2 fully saturated rings. The highest BCUT2D eigenvalue weighted by Crippen LogP contribution is 2.29. The lowest BCUT2D eigenvalue weighted by atomic mass is 9.93. The van der Waals surface area contributed by atoms with E-state index in [0.717, 1.165) is 38.0 Å². The molecule has 20 heavy (non-hydrogen) atoms. The van der Waals surface area contributed by atoms with Gasteiger partial charge in [0.1, 0.15) is 0 Å². The maximum atomic E-state index is 12.7. The van der Waals surface area contributed by atoms with E-state index in [9.17, 15) is 4.79 Å². The van der Waals surface area contributed by atoms with Gasteiger partial charge in [-0.1, -0.05) is 37.1 Å². The topological polar surface area (TPSA) is 20.3 Å². The molecule has 3 rings (SSSR count). The second kappa shape index (κ2) is 6.77. The van der Waals surface area contributed by atoms with Crippen LogP contribution in [0.3, 0.4) is 0 Å². The predicted molar refractivity (Wildman–Crippen MR) is 85.3 cm³/mol. The number of ketones is 1. The van der Waals surface area contributed by atoms with Crippen molar-refractivity contribution in [3.8, 4) is 0 Å². The summed E-state index contributed by atoms with van der Waals surface area (Å²) in [5.74, 6) is 3.12. The lowest BCUT2D eigenvalue weighted by Gasteiger charge is -2.27. The zero-order chi connectivity index (χ0) is 13.8. The fourth-order valence-corrected chi connectivity index (χ4v) is 4.29. The average molecular weight is 289 g/mol. The number of rotatable bonds is 4. The molecule has 108 valence electrons. The summed E-state index contributed by atoms with van der Waals surface area (Å²) in [6, 6.07) is 8.26. The fourth-order valence-electron chi connectivity index (χ4n) is 3.31. The molecular formula is C17H23NOS. The minimum absolute atomic E-state index is 0.285. The predicted octanol–water partition coefficient (Wildman–Crippen LogP) is 3.61. The van der Waals surface area contributed by atoms with E-state index >= 15 is 0 Å². The van der Waals surface area contributed by atoms with Crippen LogP contribution in [0.1, 0.15) is 41.6 Å². The molecule has 1 heterocycles. The summed E-state index contributed by atoms with van der Waals surface area (Å²) in [4.78, 5) is 15.2. The van der Waals surface area contributed by atoms with Gasteiger partial charge in [0.25, 0.3) is 0 Å². The number of benzene rings is 1. The highest BCUT2D eigenvalue weighted by atomic mass is 32.2. The van der Waals surface area contributed by atoms with E-state index in [2.05, 4.69) is 17.0 Å². The maximum Gasteiger partial charge on any atom is 0.166 e. The Morgan fingerprint density at radius 2 is 1.85 bits per heavy atom. The Morgan fingerprint density at radius 3 is 2.60 bits per heavy atom. The Balaban J connectivity index is 1.74. The monoisotopic (exact) mass is 289 g/mol. The van der Waals surface area contributed by atoms with Crippen LogP contribution >= 0.6 is 11.8 Å². The van der Waals surface area contributed by atoms with E-state index in [4.69, 9.17) is 0 Å².